The Bertz CT molecular complexity index is 324. The fourth-order valence-corrected chi connectivity index (χ4v) is 0.902. The van der Waals surface area contributed by atoms with Crippen LogP contribution in [0.15, 0.2) is 24.5 Å². The topological polar surface area (TPSA) is 85.1 Å². The summed E-state index contributed by atoms with van der Waals surface area (Å²) in [6.07, 6.45) is 5.05. The first-order valence-electron chi connectivity index (χ1n) is 4.01. The second kappa shape index (κ2) is 4.96. The van der Waals surface area contributed by atoms with Crippen LogP contribution in [0.2, 0.25) is 0 Å². The number of pyridine rings is 1. The molecule has 1 heterocycles. The van der Waals surface area contributed by atoms with Gasteiger partial charge in [-0.3, -0.25) is 15.1 Å². The van der Waals surface area contributed by atoms with Gasteiger partial charge in [-0.05, 0) is 18.1 Å². The van der Waals surface area contributed by atoms with Crippen molar-refractivity contribution in [1.29, 1.82) is 0 Å². The predicted molar refractivity (Wildman–Crippen MR) is 50.0 cm³/mol. The molecule has 14 heavy (non-hydrogen) atoms. The third-order valence-electron chi connectivity index (χ3n) is 1.49. The molecule has 0 unspecified atom stereocenters. The van der Waals surface area contributed by atoms with Crippen LogP contribution in [0.1, 0.15) is 5.56 Å². The summed E-state index contributed by atoms with van der Waals surface area (Å²) in [4.78, 5) is 25.1. The van der Waals surface area contributed by atoms with E-state index < -0.39 is 11.9 Å². The van der Waals surface area contributed by atoms with Crippen LogP contribution in [-0.2, 0) is 11.2 Å². The lowest BCUT2D eigenvalue weighted by molar-refractivity contribution is -0.116. The van der Waals surface area contributed by atoms with E-state index in [4.69, 9.17) is 5.73 Å². The van der Waals surface area contributed by atoms with Crippen molar-refractivity contribution in [1.82, 2.24) is 10.3 Å². The van der Waals surface area contributed by atoms with Crippen molar-refractivity contribution in [3.8, 4) is 0 Å². The number of rotatable bonds is 3. The fourth-order valence-electron chi connectivity index (χ4n) is 0.902. The third-order valence-corrected chi connectivity index (χ3v) is 1.49. The van der Waals surface area contributed by atoms with Crippen molar-refractivity contribution in [3.05, 3.63) is 36.5 Å². The molecule has 5 nitrogen and oxygen atoms in total. The summed E-state index contributed by atoms with van der Waals surface area (Å²) in [6, 6.07) is 2.76. The summed E-state index contributed by atoms with van der Waals surface area (Å²) in [5.74, 6) is -0.499. The number of hydrogen-bond acceptors (Lipinski definition) is 3. The Balaban J connectivity index is 2.34. The SMILES string of the molecule is NC(=O)NC(=O)[CH]Cc1cccnc1. The first kappa shape index (κ1) is 10.2. The molecule has 1 aromatic rings. The highest BCUT2D eigenvalue weighted by atomic mass is 16.2. The van der Waals surface area contributed by atoms with E-state index in [1.807, 2.05) is 11.4 Å². The predicted octanol–water partition coefficient (Wildman–Crippen LogP) is 0.0233. The largest absolute Gasteiger partial charge is 0.351 e. The molecular weight excluding hydrogens is 182 g/mol. The molecule has 3 amide bonds. The maximum Gasteiger partial charge on any atom is 0.318 e. The zero-order valence-electron chi connectivity index (χ0n) is 7.43. The van der Waals surface area contributed by atoms with Crippen LogP contribution in [0.5, 0.6) is 0 Å². The van der Waals surface area contributed by atoms with Gasteiger partial charge in [0.2, 0.25) is 5.91 Å². The van der Waals surface area contributed by atoms with Crippen LogP contribution < -0.4 is 11.1 Å². The Labute approximate surface area is 81.3 Å². The first-order valence-corrected chi connectivity index (χ1v) is 4.01. The molecule has 73 valence electrons. The van der Waals surface area contributed by atoms with Crippen molar-refractivity contribution in [2.75, 3.05) is 0 Å². The van der Waals surface area contributed by atoms with Gasteiger partial charge in [-0.2, -0.15) is 0 Å². The molecule has 0 aliphatic rings. The minimum atomic E-state index is -0.850. The number of carbonyl (C=O) groups is 2. The highest BCUT2D eigenvalue weighted by molar-refractivity contribution is 5.98. The average Bonchev–Trinajstić information content (AvgIpc) is 2.15. The number of imide groups is 1. The Hall–Kier alpha value is -1.91. The van der Waals surface area contributed by atoms with E-state index in [1.165, 1.54) is 6.42 Å². The molecule has 5 heteroatoms. The van der Waals surface area contributed by atoms with Gasteiger partial charge in [-0.15, -0.1) is 0 Å². The lowest BCUT2D eigenvalue weighted by Gasteiger charge is -1.99. The number of hydrogen-bond donors (Lipinski definition) is 2. The van der Waals surface area contributed by atoms with Gasteiger partial charge in [0, 0.05) is 12.4 Å². The maximum absolute atomic E-state index is 10.9. The van der Waals surface area contributed by atoms with E-state index in [0.29, 0.717) is 6.42 Å². The van der Waals surface area contributed by atoms with Crippen LogP contribution in [0.3, 0.4) is 0 Å². The highest BCUT2D eigenvalue weighted by Gasteiger charge is 2.04. The number of amides is 3. The van der Waals surface area contributed by atoms with Crippen LogP contribution >= 0.6 is 0 Å². The normalized spacial score (nSPS) is 9.43. The van der Waals surface area contributed by atoms with Gasteiger partial charge < -0.3 is 5.73 Å². The molecule has 3 N–H and O–H groups in total. The second-order valence-corrected chi connectivity index (χ2v) is 2.62. The summed E-state index contributed by atoms with van der Waals surface area (Å²) >= 11 is 0. The van der Waals surface area contributed by atoms with Gasteiger partial charge in [0.1, 0.15) is 0 Å². The first-order chi connectivity index (χ1) is 6.68. The summed E-state index contributed by atoms with van der Waals surface area (Å²) in [5.41, 5.74) is 5.65. The van der Waals surface area contributed by atoms with Crippen molar-refractivity contribution >= 4 is 11.9 Å². The summed E-state index contributed by atoms with van der Waals surface area (Å²) in [5, 5.41) is 1.94. The van der Waals surface area contributed by atoms with E-state index in [1.54, 1.807) is 18.5 Å². The van der Waals surface area contributed by atoms with E-state index in [2.05, 4.69) is 4.98 Å². The van der Waals surface area contributed by atoms with E-state index in [0.717, 1.165) is 5.56 Å². The molecule has 0 spiro atoms. The Morgan fingerprint density at radius 2 is 2.36 bits per heavy atom. The number of primary amides is 1. The van der Waals surface area contributed by atoms with Gasteiger partial charge in [0.05, 0.1) is 6.42 Å². The van der Waals surface area contributed by atoms with E-state index in [-0.39, 0.29) is 0 Å². The van der Waals surface area contributed by atoms with Gasteiger partial charge in [0.15, 0.2) is 0 Å². The number of aromatic nitrogens is 1. The quantitative estimate of drug-likeness (QED) is 0.708. The minimum absolute atomic E-state index is 0.424. The van der Waals surface area contributed by atoms with E-state index in [9.17, 15) is 9.59 Å². The fraction of sp³-hybridized carbons (Fsp3) is 0.111. The molecule has 1 rings (SSSR count). The standard InChI is InChI=1S/C9H10N3O2/c10-9(14)12-8(13)4-3-7-2-1-5-11-6-7/h1-2,4-6H,3H2,(H3,10,12,13,14). The Kier molecular flexibility index (Phi) is 3.60. The number of nitrogens with two attached hydrogens (primary N) is 1. The zero-order valence-corrected chi connectivity index (χ0v) is 7.43. The van der Waals surface area contributed by atoms with Gasteiger partial charge in [-0.1, -0.05) is 6.07 Å². The third kappa shape index (κ3) is 3.66. The molecule has 0 fully saturated rings. The van der Waals surface area contributed by atoms with Crippen molar-refractivity contribution < 1.29 is 9.59 Å². The minimum Gasteiger partial charge on any atom is -0.351 e. The van der Waals surface area contributed by atoms with Crippen LogP contribution in [0.25, 0.3) is 0 Å². The van der Waals surface area contributed by atoms with Gasteiger partial charge in [-0.25, -0.2) is 4.79 Å². The van der Waals surface area contributed by atoms with Gasteiger partial charge in [0.25, 0.3) is 0 Å². The summed E-state index contributed by atoms with van der Waals surface area (Å²) in [7, 11) is 0. The summed E-state index contributed by atoms with van der Waals surface area (Å²) < 4.78 is 0. The Morgan fingerprint density at radius 3 is 2.93 bits per heavy atom. The molecule has 0 atom stereocenters. The molecular formula is C9H10N3O2. The van der Waals surface area contributed by atoms with E-state index >= 15 is 0 Å². The van der Waals surface area contributed by atoms with Crippen LogP contribution in [0.4, 0.5) is 4.79 Å². The molecule has 0 aromatic carbocycles. The number of carbonyl (C=O) groups excluding carboxylic acids is 2. The average molecular weight is 192 g/mol. The molecule has 0 aliphatic carbocycles. The van der Waals surface area contributed by atoms with Crippen molar-refractivity contribution in [3.63, 3.8) is 0 Å². The monoisotopic (exact) mass is 192 g/mol. The summed E-state index contributed by atoms with van der Waals surface area (Å²) in [6.45, 7) is 0. The van der Waals surface area contributed by atoms with Gasteiger partial charge >= 0.3 is 6.03 Å². The molecule has 0 bridgehead atoms. The Morgan fingerprint density at radius 1 is 1.57 bits per heavy atom. The molecule has 0 saturated heterocycles. The second-order valence-electron chi connectivity index (χ2n) is 2.62. The highest BCUT2D eigenvalue weighted by Crippen LogP contribution is 1.98. The lowest BCUT2D eigenvalue weighted by Crippen LogP contribution is -2.35. The number of nitrogens with one attached hydrogen (secondary N) is 1. The zero-order chi connectivity index (χ0) is 10.4. The molecule has 1 radical (unpaired) electrons. The number of nitrogens with zero attached hydrogens (tertiary/aromatic N) is 1. The molecule has 0 saturated carbocycles. The van der Waals surface area contributed by atoms with Crippen molar-refractivity contribution in [2.45, 2.75) is 6.42 Å². The maximum atomic E-state index is 10.9. The van der Waals surface area contributed by atoms with Crippen molar-refractivity contribution in [2.24, 2.45) is 5.73 Å². The molecule has 1 aromatic heterocycles. The lowest BCUT2D eigenvalue weighted by atomic mass is 10.1. The van der Waals surface area contributed by atoms with Crippen LogP contribution in [0, 0.1) is 6.42 Å². The molecule has 0 aliphatic heterocycles. The van der Waals surface area contributed by atoms with Crippen LogP contribution in [-0.4, -0.2) is 16.9 Å². The smallest absolute Gasteiger partial charge is 0.318 e. The number of urea groups is 1.